The molecule has 7 rings (SSSR count). The predicted molar refractivity (Wildman–Crippen MR) is 229 cm³/mol. The van der Waals surface area contributed by atoms with E-state index in [-0.39, 0.29) is 57.8 Å². The number of hydroxylamine groups is 2. The van der Waals surface area contributed by atoms with E-state index in [2.05, 4.69) is 0 Å². The molecule has 15 nitrogen and oxygen atoms in total. The third-order valence-electron chi connectivity index (χ3n) is 8.91. The summed E-state index contributed by atoms with van der Waals surface area (Å²) in [6, 6.07) is 32.4. The summed E-state index contributed by atoms with van der Waals surface area (Å²) in [4.78, 5) is 38.0. The van der Waals surface area contributed by atoms with Gasteiger partial charge < -0.3 is 29.8 Å². The molecule has 3 heterocycles. The van der Waals surface area contributed by atoms with Gasteiger partial charge in [-0.25, -0.2) is 17.9 Å². The molecule has 0 saturated carbocycles. The Labute approximate surface area is 373 Å². The number of carbonyl (C=O) groups excluding carboxylic acids is 1. The van der Waals surface area contributed by atoms with Crippen molar-refractivity contribution in [3.63, 3.8) is 0 Å². The third-order valence-corrected chi connectivity index (χ3v) is 10.9. The molecule has 0 aliphatic heterocycles. The number of nitrogens with two attached hydrogens (primary N) is 1. The van der Waals surface area contributed by atoms with Crippen molar-refractivity contribution in [1.82, 2.24) is 14.4 Å². The minimum Gasteiger partial charge on any atom is -0.747 e. The van der Waals surface area contributed by atoms with E-state index in [9.17, 15) is 32.6 Å². The molecule has 0 aliphatic rings. The van der Waals surface area contributed by atoms with E-state index in [1.807, 2.05) is 80.6 Å². The number of primary amides is 1. The molecule has 0 bridgehead atoms. The molecule has 312 valence electrons. The fourth-order valence-electron chi connectivity index (χ4n) is 6.09. The van der Waals surface area contributed by atoms with Gasteiger partial charge in [0.05, 0.1) is 34.5 Å². The van der Waals surface area contributed by atoms with Crippen molar-refractivity contribution in [2.45, 2.75) is 39.8 Å². The second-order valence-electron chi connectivity index (χ2n) is 13.5. The number of ether oxygens (including phenoxy) is 1. The van der Waals surface area contributed by atoms with Crippen LogP contribution in [0.2, 0.25) is 0 Å². The molecule has 0 spiro atoms. The van der Waals surface area contributed by atoms with E-state index in [4.69, 9.17) is 14.9 Å². The van der Waals surface area contributed by atoms with Crippen molar-refractivity contribution in [3.8, 4) is 22.6 Å². The Bertz CT molecular complexity index is 2720. The summed E-state index contributed by atoms with van der Waals surface area (Å²) < 4.78 is 48.1. The molecule has 2 amide bonds. The Morgan fingerprint density at radius 3 is 2.13 bits per heavy atom. The summed E-state index contributed by atoms with van der Waals surface area (Å²) in [5, 5.41) is 11.7. The fraction of sp³-hybridized carbons (Fsp3) is 0.214. The van der Waals surface area contributed by atoms with E-state index >= 15 is 0 Å². The standard InChI is InChI=1S/C18H16O3.C13H17N3O4S.C11H12N2O2S.Na.H2O/c1-12(2)21-14-8-9-15-17(10-14)20-11-16(18(15)19)13-6-4-3-5-7-13;1-10-12(14(2)9-21(18,19)20)13(17)16(15(10)3)11-7-5-4-6-8-11;1-7(13(15)11(12)14)10-6-8-4-2-3-5-9(8)16-10;;/h3-12H,1-2H3;4-8H,9H2,1-3H3,(H,18,19,20);2-7,15H,1H3,(H2,12,14);;1H2/q;;;+1;/p-1. The van der Waals surface area contributed by atoms with Gasteiger partial charge in [0.25, 0.3) is 5.56 Å². The van der Waals surface area contributed by atoms with Crippen LogP contribution in [0.3, 0.4) is 0 Å². The Morgan fingerprint density at radius 1 is 0.950 bits per heavy atom. The molecule has 1 unspecified atom stereocenters. The number of anilines is 1. The minimum absolute atomic E-state index is 0. The van der Waals surface area contributed by atoms with Gasteiger partial charge in [-0.2, -0.15) is 5.06 Å². The second kappa shape index (κ2) is 21.3. The Morgan fingerprint density at radius 2 is 1.55 bits per heavy atom. The number of rotatable bonds is 9. The van der Waals surface area contributed by atoms with Crippen molar-refractivity contribution < 1.29 is 67.2 Å². The number of thiophene rings is 1. The van der Waals surface area contributed by atoms with Gasteiger partial charge in [-0.15, -0.1) is 11.3 Å². The molecule has 1 atom stereocenters. The molecule has 4 aromatic carbocycles. The van der Waals surface area contributed by atoms with Crippen LogP contribution in [0.1, 0.15) is 37.4 Å². The van der Waals surface area contributed by atoms with Crippen molar-refractivity contribution in [3.05, 3.63) is 147 Å². The first-order valence-corrected chi connectivity index (χ1v) is 20.4. The number of carbonyl (C=O) groups is 1. The van der Waals surface area contributed by atoms with Crippen LogP contribution in [0.5, 0.6) is 5.75 Å². The van der Waals surface area contributed by atoms with E-state index in [0.717, 1.165) is 20.5 Å². The Balaban J connectivity index is 0.000000239. The SMILES string of the molecule is CC(C)Oc1ccc2c(=O)c(-c3ccccc3)coc2c1.CC(c1cc2ccccc2s1)N(O)C(N)=O.Cc1c(N(C)CS(=O)(=O)[O-])c(=O)n(-c2ccccc2)n1C.O.[Na+]. The summed E-state index contributed by atoms with van der Waals surface area (Å²) in [5.74, 6) is -0.0462. The maximum atomic E-state index is 12.6. The molecule has 0 aliphatic carbocycles. The minimum atomic E-state index is -4.45. The van der Waals surface area contributed by atoms with Crippen LogP contribution in [0.25, 0.3) is 37.9 Å². The van der Waals surface area contributed by atoms with Crippen LogP contribution in [-0.4, -0.2) is 63.1 Å². The molecular weight excluding hydrogens is 822 g/mol. The number of benzene rings is 4. The van der Waals surface area contributed by atoms with Crippen LogP contribution >= 0.6 is 11.3 Å². The third kappa shape index (κ3) is 11.9. The summed E-state index contributed by atoms with van der Waals surface area (Å²) in [5.41, 5.74) is 8.02. The quantitative estimate of drug-likeness (QED) is 0.0929. The molecule has 3 aromatic heterocycles. The molecular formula is C42H46N5NaO10S2. The van der Waals surface area contributed by atoms with E-state index in [1.54, 1.807) is 79.4 Å². The van der Waals surface area contributed by atoms with Crippen molar-refractivity contribution >= 4 is 54.2 Å². The zero-order valence-corrected chi connectivity index (χ0v) is 37.9. The van der Waals surface area contributed by atoms with Gasteiger partial charge in [0.2, 0.25) is 0 Å². The van der Waals surface area contributed by atoms with E-state index in [1.165, 1.54) is 22.9 Å². The molecule has 0 saturated heterocycles. The first-order valence-electron chi connectivity index (χ1n) is 18.0. The van der Waals surface area contributed by atoms with Gasteiger partial charge in [0, 0.05) is 29.7 Å². The second-order valence-corrected chi connectivity index (χ2v) is 16.0. The monoisotopic (exact) mass is 867 g/mol. The molecule has 5 N–H and O–H groups in total. The molecule has 7 aromatic rings. The summed E-state index contributed by atoms with van der Waals surface area (Å²) in [6.07, 6.45) is 1.59. The van der Waals surface area contributed by atoms with Crippen molar-refractivity contribution in [2.24, 2.45) is 12.8 Å². The van der Waals surface area contributed by atoms with Crippen LogP contribution in [-0.2, 0) is 17.2 Å². The van der Waals surface area contributed by atoms with Crippen molar-refractivity contribution in [2.75, 3.05) is 17.8 Å². The van der Waals surface area contributed by atoms with Gasteiger partial charge in [-0.05, 0) is 75.0 Å². The smallest absolute Gasteiger partial charge is 0.747 e. The predicted octanol–water partition coefficient (Wildman–Crippen LogP) is 3.58. The number of aromatic nitrogens is 2. The van der Waals surface area contributed by atoms with Gasteiger partial charge in [-0.1, -0.05) is 66.7 Å². The molecule has 0 fully saturated rings. The molecule has 0 radical (unpaired) electrons. The average Bonchev–Trinajstić information content (AvgIpc) is 3.72. The normalized spacial score (nSPS) is 11.3. The van der Waals surface area contributed by atoms with Crippen LogP contribution < -0.4 is 55.9 Å². The van der Waals surface area contributed by atoms with Crippen LogP contribution in [0.15, 0.2) is 129 Å². The fourth-order valence-corrected chi connectivity index (χ4v) is 7.79. The number of hydrogen-bond acceptors (Lipinski definition) is 11. The average molecular weight is 868 g/mol. The number of urea groups is 1. The van der Waals surface area contributed by atoms with Gasteiger partial charge in [0.1, 0.15) is 39.3 Å². The van der Waals surface area contributed by atoms with Crippen LogP contribution in [0, 0.1) is 6.92 Å². The maximum absolute atomic E-state index is 12.6. The van der Waals surface area contributed by atoms with Gasteiger partial charge >= 0.3 is 35.6 Å². The summed E-state index contributed by atoms with van der Waals surface area (Å²) in [7, 11) is -1.34. The van der Waals surface area contributed by atoms with E-state index in [0.29, 0.717) is 38.7 Å². The topological polar surface area (TPSA) is 225 Å². The number of amides is 2. The number of para-hydroxylation sites is 1. The number of hydrogen-bond donors (Lipinski definition) is 2. The number of nitrogens with zero attached hydrogens (tertiary/aromatic N) is 4. The molecule has 60 heavy (non-hydrogen) atoms. The maximum Gasteiger partial charge on any atom is 1.00 e. The van der Waals surface area contributed by atoms with Gasteiger partial charge in [0.15, 0.2) is 5.43 Å². The number of fused-ring (bicyclic) bond motifs is 2. The Kier molecular flexibility index (Phi) is 17.5. The first-order chi connectivity index (χ1) is 27.5. The van der Waals surface area contributed by atoms with Gasteiger partial charge in [-0.3, -0.25) is 19.5 Å². The summed E-state index contributed by atoms with van der Waals surface area (Å²) in [6.45, 7) is 7.34. The van der Waals surface area contributed by atoms with Crippen molar-refractivity contribution in [1.29, 1.82) is 0 Å². The molecule has 18 heteroatoms. The Hall–Kier alpha value is -5.24. The zero-order chi connectivity index (χ0) is 42.3. The first kappa shape index (κ1) is 49.1. The largest absolute Gasteiger partial charge is 1.00 e. The summed E-state index contributed by atoms with van der Waals surface area (Å²) >= 11 is 1.54. The zero-order valence-electron chi connectivity index (χ0n) is 34.2. The van der Waals surface area contributed by atoms with Crippen LogP contribution in [0.4, 0.5) is 10.5 Å². The van der Waals surface area contributed by atoms with E-state index < -0.39 is 28.1 Å².